The summed E-state index contributed by atoms with van der Waals surface area (Å²) >= 11 is 0. The highest BCUT2D eigenvalue weighted by Crippen LogP contribution is 2.21. The Balaban J connectivity index is 2.62. The van der Waals surface area contributed by atoms with E-state index in [4.69, 9.17) is 5.11 Å². The van der Waals surface area contributed by atoms with Crippen LogP contribution in [0, 0.1) is 10.1 Å². The molecule has 2 amide bonds. The minimum atomic E-state index is -4.82. The van der Waals surface area contributed by atoms with E-state index in [1.54, 1.807) is 0 Å². The molecule has 0 aromatic heterocycles. The molecular weight excluding hydrogens is 295 g/mol. The first-order chi connectivity index (χ1) is 9.61. The molecule has 1 atom stereocenters. The van der Waals surface area contributed by atoms with Crippen molar-refractivity contribution in [2.45, 2.75) is 12.3 Å². The van der Waals surface area contributed by atoms with Crippen molar-refractivity contribution >= 4 is 17.4 Å². The van der Waals surface area contributed by atoms with Crippen molar-refractivity contribution in [3.63, 3.8) is 0 Å². The molecule has 7 nitrogen and oxygen atoms in total. The van der Waals surface area contributed by atoms with Crippen LogP contribution in [0.1, 0.15) is 0 Å². The number of halogens is 3. The first kappa shape index (κ1) is 16.7. The summed E-state index contributed by atoms with van der Waals surface area (Å²) in [5, 5.41) is 21.5. The van der Waals surface area contributed by atoms with E-state index >= 15 is 0 Å². The van der Waals surface area contributed by atoms with Crippen LogP contribution in [-0.2, 0) is 0 Å². The second kappa shape index (κ2) is 6.39. The van der Waals surface area contributed by atoms with Gasteiger partial charge in [-0.05, 0) is 12.1 Å². The van der Waals surface area contributed by atoms with Crippen molar-refractivity contribution in [3.05, 3.63) is 34.4 Å². The first-order valence-electron chi connectivity index (χ1n) is 5.62. The van der Waals surface area contributed by atoms with E-state index in [2.05, 4.69) is 5.32 Å². The van der Waals surface area contributed by atoms with Crippen LogP contribution in [0.4, 0.5) is 29.3 Å². The van der Waals surface area contributed by atoms with Gasteiger partial charge in [0, 0.05) is 24.9 Å². The van der Waals surface area contributed by atoms with Gasteiger partial charge in [0.05, 0.1) is 11.5 Å². The number of likely N-dealkylation sites (N-methyl/N-ethyl adjacent to an activating group) is 1. The molecule has 0 saturated carbocycles. The number of nitro groups is 1. The first-order valence-corrected chi connectivity index (χ1v) is 5.62. The number of nitro benzene ring substituents is 1. The minimum Gasteiger partial charge on any atom is -0.382 e. The molecule has 0 radical (unpaired) electrons. The van der Waals surface area contributed by atoms with Crippen molar-refractivity contribution in [1.29, 1.82) is 0 Å². The van der Waals surface area contributed by atoms with Gasteiger partial charge in [-0.1, -0.05) is 0 Å². The number of hydrogen-bond acceptors (Lipinski definition) is 4. The van der Waals surface area contributed by atoms with Crippen LogP contribution in [0.15, 0.2) is 24.3 Å². The number of carbonyl (C=O) groups is 1. The van der Waals surface area contributed by atoms with Gasteiger partial charge in [0.15, 0.2) is 6.10 Å². The van der Waals surface area contributed by atoms with Crippen molar-refractivity contribution < 1.29 is 28.0 Å². The van der Waals surface area contributed by atoms with Gasteiger partial charge >= 0.3 is 12.2 Å². The summed E-state index contributed by atoms with van der Waals surface area (Å²) in [7, 11) is 1.08. The lowest BCUT2D eigenvalue weighted by atomic mass is 10.3. The monoisotopic (exact) mass is 307 g/mol. The number of hydrogen-bond donors (Lipinski definition) is 2. The summed E-state index contributed by atoms with van der Waals surface area (Å²) < 4.78 is 36.4. The fourth-order valence-electron chi connectivity index (χ4n) is 1.33. The van der Waals surface area contributed by atoms with Crippen LogP contribution in [0.5, 0.6) is 0 Å². The summed E-state index contributed by atoms with van der Waals surface area (Å²) in [4.78, 5) is 22.1. The molecule has 10 heteroatoms. The third kappa shape index (κ3) is 4.91. The Morgan fingerprint density at radius 2 is 1.95 bits per heavy atom. The number of urea groups is 1. The standard InChI is InChI=1S/C11H12F3N3O4/c1-16(6-9(18)11(12,13)14)10(19)15-7-2-4-8(5-3-7)17(20)21/h2-5,9,18H,6H2,1H3,(H,15,19). The predicted octanol–water partition coefficient (Wildman–Crippen LogP) is 1.98. The van der Waals surface area contributed by atoms with E-state index in [0.29, 0.717) is 4.90 Å². The molecule has 116 valence electrons. The molecular formula is C11H12F3N3O4. The van der Waals surface area contributed by atoms with Gasteiger partial charge in [-0.15, -0.1) is 0 Å². The highest BCUT2D eigenvalue weighted by atomic mass is 19.4. The maximum absolute atomic E-state index is 12.1. The molecule has 0 aliphatic heterocycles. The Kier molecular flexibility index (Phi) is 5.08. The number of nitrogens with one attached hydrogen (secondary N) is 1. The normalized spacial score (nSPS) is 12.6. The van der Waals surface area contributed by atoms with E-state index in [0.717, 1.165) is 19.2 Å². The summed E-state index contributed by atoms with van der Waals surface area (Å²) in [6.07, 6.45) is -7.47. The number of amides is 2. The molecule has 2 N–H and O–H groups in total. The van der Waals surface area contributed by atoms with E-state index < -0.39 is 29.8 Å². The van der Waals surface area contributed by atoms with Crippen molar-refractivity contribution in [3.8, 4) is 0 Å². The summed E-state index contributed by atoms with van der Waals surface area (Å²) in [5.74, 6) is 0. The SMILES string of the molecule is CN(CC(O)C(F)(F)F)C(=O)Nc1ccc([N+](=O)[O-])cc1. The number of anilines is 1. The zero-order valence-corrected chi connectivity index (χ0v) is 10.8. The molecule has 1 unspecified atom stereocenters. The van der Waals surface area contributed by atoms with E-state index in [1.165, 1.54) is 12.1 Å². The van der Waals surface area contributed by atoms with Crippen LogP contribution in [0.25, 0.3) is 0 Å². The van der Waals surface area contributed by atoms with Crippen LogP contribution in [0.2, 0.25) is 0 Å². The third-order valence-electron chi connectivity index (χ3n) is 2.50. The Morgan fingerprint density at radius 3 is 2.38 bits per heavy atom. The Hall–Kier alpha value is -2.36. The van der Waals surface area contributed by atoms with Crippen LogP contribution >= 0.6 is 0 Å². The fourth-order valence-corrected chi connectivity index (χ4v) is 1.33. The molecule has 1 aromatic rings. The maximum Gasteiger partial charge on any atom is 0.416 e. The summed E-state index contributed by atoms with van der Waals surface area (Å²) in [6, 6.07) is 3.88. The average molecular weight is 307 g/mol. The maximum atomic E-state index is 12.1. The van der Waals surface area contributed by atoms with Gasteiger partial charge in [0.1, 0.15) is 0 Å². The van der Waals surface area contributed by atoms with Gasteiger partial charge in [-0.2, -0.15) is 13.2 Å². The number of carbonyl (C=O) groups excluding carboxylic acids is 1. The number of alkyl halides is 3. The van der Waals surface area contributed by atoms with Gasteiger partial charge in [-0.25, -0.2) is 4.79 Å². The zero-order valence-electron chi connectivity index (χ0n) is 10.8. The molecule has 0 spiro atoms. The molecule has 0 aliphatic rings. The third-order valence-corrected chi connectivity index (χ3v) is 2.50. The lowest BCUT2D eigenvalue weighted by molar-refractivity contribution is -0.384. The van der Waals surface area contributed by atoms with Crippen LogP contribution in [0.3, 0.4) is 0 Å². The molecule has 0 heterocycles. The highest BCUT2D eigenvalue weighted by Gasteiger charge is 2.39. The van der Waals surface area contributed by atoms with E-state index in [1.807, 2.05) is 0 Å². The van der Waals surface area contributed by atoms with Gasteiger partial charge in [-0.3, -0.25) is 10.1 Å². The molecule has 1 rings (SSSR count). The molecule has 0 aliphatic carbocycles. The Morgan fingerprint density at radius 1 is 1.43 bits per heavy atom. The lowest BCUT2D eigenvalue weighted by Gasteiger charge is -2.22. The summed E-state index contributed by atoms with van der Waals surface area (Å²) in [5.41, 5.74) is -0.00667. The number of aliphatic hydroxyl groups excluding tert-OH is 1. The number of benzene rings is 1. The second-order valence-corrected chi connectivity index (χ2v) is 4.17. The van der Waals surface area contributed by atoms with Crippen molar-refractivity contribution in [2.75, 3.05) is 18.9 Å². The second-order valence-electron chi connectivity index (χ2n) is 4.17. The fraction of sp³-hybridized carbons (Fsp3) is 0.364. The van der Waals surface area contributed by atoms with Crippen LogP contribution < -0.4 is 5.32 Å². The lowest BCUT2D eigenvalue weighted by Crippen LogP contribution is -2.43. The highest BCUT2D eigenvalue weighted by molar-refractivity contribution is 5.89. The zero-order chi connectivity index (χ0) is 16.2. The number of nitrogens with zero attached hydrogens (tertiary/aromatic N) is 2. The van der Waals surface area contributed by atoms with Gasteiger partial charge in [0.2, 0.25) is 0 Å². The number of rotatable bonds is 4. The topological polar surface area (TPSA) is 95.7 Å². The summed E-state index contributed by atoms with van der Waals surface area (Å²) in [6.45, 7) is -0.928. The number of aliphatic hydroxyl groups is 1. The molecule has 21 heavy (non-hydrogen) atoms. The predicted molar refractivity (Wildman–Crippen MR) is 66.8 cm³/mol. The Bertz CT molecular complexity index is 518. The van der Waals surface area contributed by atoms with Crippen molar-refractivity contribution in [2.24, 2.45) is 0 Å². The Labute approximate surface area is 117 Å². The quantitative estimate of drug-likeness (QED) is 0.656. The minimum absolute atomic E-state index is 0.180. The van der Waals surface area contributed by atoms with Crippen LogP contribution in [-0.4, -0.2) is 46.8 Å². The van der Waals surface area contributed by atoms with Gasteiger partial charge < -0.3 is 15.3 Å². The average Bonchev–Trinajstić information content (AvgIpc) is 2.37. The van der Waals surface area contributed by atoms with E-state index in [9.17, 15) is 28.1 Å². The molecule has 0 fully saturated rings. The molecule has 0 saturated heterocycles. The van der Waals surface area contributed by atoms with Crippen molar-refractivity contribution in [1.82, 2.24) is 4.90 Å². The molecule has 0 bridgehead atoms. The molecule has 1 aromatic carbocycles. The number of non-ortho nitro benzene ring substituents is 1. The smallest absolute Gasteiger partial charge is 0.382 e. The largest absolute Gasteiger partial charge is 0.416 e. The van der Waals surface area contributed by atoms with Gasteiger partial charge in [0.25, 0.3) is 5.69 Å². The van der Waals surface area contributed by atoms with E-state index in [-0.39, 0.29) is 11.4 Å².